The summed E-state index contributed by atoms with van der Waals surface area (Å²) in [7, 11) is 1.83. The van der Waals surface area contributed by atoms with Crippen LogP contribution in [0.15, 0.2) is 18.3 Å². The van der Waals surface area contributed by atoms with Crippen molar-refractivity contribution in [1.29, 1.82) is 0 Å². The molecule has 0 saturated heterocycles. The van der Waals surface area contributed by atoms with Crippen LogP contribution in [0.2, 0.25) is 5.02 Å². The highest BCUT2D eigenvalue weighted by atomic mass is 35.5. The zero-order chi connectivity index (χ0) is 13.1. The Morgan fingerprint density at radius 2 is 2.33 bits per heavy atom. The fraction of sp³-hybridized carbons (Fsp3) is 0.538. The largest absolute Gasteiger partial charge is 0.337 e. The third kappa shape index (κ3) is 2.65. The predicted octanol–water partition coefficient (Wildman–Crippen LogP) is 1.93. The molecule has 98 valence electrons. The molecular formula is C13H18ClN3O. The highest BCUT2D eigenvalue weighted by molar-refractivity contribution is 6.30. The van der Waals surface area contributed by atoms with Gasteiger partial charge in [0.15, 0.2) is 0 Å². The van der Waals surface area contributed by atoms with E-state index in [1.807, 2.05) is 7.05 Å². The fourth-order valence-corrected chi connectivity index (χ4v) is 2.75. The van der Waals surface area contributed by atoms with E-state index >= 15 is 0 Å². The third-order valence-corrected chi connectivity index (χ3v) is 3.91. The molecule has 2 rings (SSSR count). The van der Waals surface area contributed by atoms with Gasteiger partial charge in [-0.05, 0) is 37.4 Å². The van der Waals surface area contributed by atoms with Crippen LogP contribution in [0, 0.1) is 5.92 Å². The standard InChI is InChI=1S/C13H18ClN3O/c1-17(12-4-2-3-9(12)7-15)13(18)11-6-5-10(14)8-16-11/h5-6,8-9,12H,2-4,7,15H2,1H3. The molecular weight excluding hydrogens is 250 g/mol. The summed E-state index contributed by atoms with van der Waals surface area (Å²) in [6.07, 6.45) is 4.76. The molecule has 4 nitrogen and oxygen atoms in total. The highest BCUT2D eigenvalue weighted by Gasteiger charge is 2.32. The minimum atomic E-state index is -0.0583. The maximum Gasteiger partial charge on any atom is 0.272 e. The number of halogens is 1. The van der Waals surface area contributed by atoms with E-state index in [0.29, 0.717) is 23.2 Å². The predicted molar refractivity (Wildman–Crippen MR) is 71.5 cm³/mol. The Balaban J connectivity index is 2.11. The first kappa shape index (κ1) is 13.3. The normalized spacial score (nSPS) is 23.1. The van der Waals surface area contributed by atoms with Gasteiger partial charge in [0, 0.05) is 19.3 Å². The van der Waals surface area contributed by atoms with Crippen molar-refractivity contribution in [1.82, 2.24) is 9.88 Å². The van der Waals surface area contributed by atoms with E-state index in [1.54, 1.807) is 17.0 Å². The van der Waals surface area contributed by atoms with Crippen molar-refractivity contribution in [3.63, 3.8) is 0 Å². The number of aromatic nitrogens is 1. The first-order chi connectivity index (χ1) is 8.63. The number of hydrogen-bond acceptors (Lipinski definition) is 3. The molecule has 2 N–H and O–H groups in total. The summed E-state index contributed by atoms with van der Waals surface area (Å²) < 4.78 is 0. The molecule has 1 aliphatic rings. The van der Waals surface area contributed by atoms with Gasteiger partial charge < -0.3 is 10.6 Å². The summed E-state index contributed by atoms with van der Waals surface area (Å²) in [5.41, 5.74) is 6.18. The first-order valence-corrected chi connectivity index (χ1v) is 6.60. The Hall–Kier alpha value is -1.13. The van der Waals surface area contributed by atoms with E-state index in [9.17, 15) is 4.79 Å². The highest BCUT2D eigenvalue weighted by Crippen LogP contribution is 2.29. The molecule has 5 heteroatoms. The number of carbonyl (C=O) groups is 1. The lowest BCUT2D eigenvalue weighted by Gasteiger charge is -2.28. The van der Waals surface area contributed by atoms with E-state index < -0.39 is 0 Å². The van der Waals surface area contributed by atoms with E-state index in [1.165, 1.54) is 6.20 Å². The first-order valence-electron chi connectivity index (χ1n) is 6.22. The Labute approximate surface area is 112 Å². The van der Waals surface area contributed by atoms with Gasteiger partial charge in [-0.3, -0.25) is 4.79 Å². The fourth-order valence-electron chi connectivity index (χ4n) is 2.64. The van der Waals surface area contributed by atoms with E-state index in [-0.39, 0.29) is 11.9 Å². The number of pyridine rings is 1. The van der Waals surface area contributed by atoms with Gasteiger partial charge in [-0.25, -0.2) is 4.98 Å². The lowest BCUT2D eigenvalue weighted by atomic mass is 10.0. The average molecular weight is 268 g/mol. The van der Waals surface area contributed by atoms with Gasteiger partial charge in [0.05, 0.1) is 5.02 Å². The molecule has 1 saturated carbocycles. The molecule has 0 aromatic carbocycles. The molecule has 1 aromatic heterocycles. The van der Waals surface area contributed by atoms with Crippen LogP contribution in [0.4, 0.5) is 0 Å². The lowest BCUT2D eigenvalue weighted by Crippen LogP contribution is -2.41. The number of hydrogen-bond donors (Lipinski definition) is 1. The molecule has 2 atom stereocenters. The van der Waals surface area contributed by atoms with Crippen LogP contribution in [0.1, 0.15) is 29.8 Å². The van der Waals surface area contributed by atoms with Gasteiger partial charge in [0.2, 0.25) is 0 Å². The number of nitrogens with two attached hydrogens (primary N) is 1. The SMILES string of the molecule is CN(C(=O)c1ccc(Cl)cn1)C1CCCC1CN. The van der Waals surface area contributed by atoms with E-state index in [2.05, 4.69) is 4.98 Å². The van der Waals surface area contributed by atoms with Crippen molar-refractivity contribution >= 4 is 17.5 Å². The monoisotopic (exact) mass is 267 g/mol. The number of nitrogens with zero attached hydrogens (tertiary/aromatic N) is 2. The molecule has 1 aromatic rings. The van der Waals surface area contributed by atoms with Crippen LogP contribution in [0.5, 0.6) is 0 Å². The summed E-state index contributed by atoms with van der Waals surface area (Å²) in [6.45, 7) is 0.635. The van der Waals surface area contributed by atoms with Crippen LogP contribution >= 0.6 is 11.6 Å². The molecule has 1 amide bonds. The van der Waals surface area contributed by atoms with Gasteiger partial charge in [0.25, 0.3) is 5.91 Å². The lowest BCUT2D eigenvalue weighted by molar-refractivity contribution is 0.0694. The Kier molecular flexibility index (Phi) is 4.19. The molecule has 1 aliphatic carbocycles. The van der Waals surface area contributed by atoms with Crippen LogP contribution in [0.25, 0.3) is 0 Å². The summed E-state index contributed by atoms with van der Waals surface area (Å²) in [6, 6.07) is 3.58. The second kappa shape index (κ2) is 5.67. The second-order valence-electron chi connectivity index (χ2n) is 4.77. The smallest absolute Gasteiger partial charge is 0.272 e. The van der Waals surface area contributed by atoms with Crippen molar-refractivity contribution in [2.24, 2.45) is 11.7 Å². The number of rotatable bonds is 3. The van der Waals surface area contributed by atoms with Crippen LogP contribution in [-0.4, -0.2) is 35.4 Å². The third-order valence-electron chi connectivity index (χ3n) is 3.69. The van der Waals surface area contributed by atoms with Gasteiger partial charge in [-0.15, -0.1) is 0 Å². The van der Waals surface area contributed by atoms with Crippen molar-refractivity contribution in [3.8, 4) is 0 Å². The molecule has 0 bridgehead atoms. The van der Waals surface area contributed by atoms with Gasteiger partial charge >= 0.3 is 0 Å². The van der Waals surface area contributed by atoms with Gasteiger partial charge in [-0.1, -0.05) is 18.0 Å². The van der Waals surface area contributed by atoms with Crippen LogP contribution in [0.3, 0.4) is 0 Å². The van der Waals surface area contributed by atoms with E-state index in [0.717, 1.165) is 19.3 Å². The summed E-state index contributed by atoms with van der Waals surface area (Å²) >= 11 is 5.76. The molecule has 0 spiro atoms. The molecule has 2 unspecified atom stereocenters. The second-order valence-corrected chi connectivity index (χ2v) is 5.21. The molecule has 0 aliphatic heterocycles. The van der Waals surface area contributed by atoms with Crippen LogP contribution in [-0.2, 0) is 0 Å². The number of amides is 1. The zero-order valence-corrected chi connectivity index (χ0v) is 11.2. The number of carbonyl (C=O) groups excluding carboxylic acids is 1. The Morgan fingerprint density at radius 1 is 1.56 bits per heavy atom. The summed E-state index contributed by atoms with van der Waals surface area (Å²) in [4.78, 5) is 18.1. The van der Waals surface area contributed by atoms with Crippen molar-refractivity contribution in [2.75, 3.05) is 13.6 Å². The molecule has 18 heavy (non-hydrogen) atoms. The average Bonchev–Trinajstić information content (AvgIpc) is 2.86. The van der Waals surface area contributed by atoms with Gasteiger partial charge in [-0.2, -0.15) is 0 Å². The molecule has 1 heterocycles. The Bertz CT molecular complexity index is 421. The maximum atomic E-state index is 12.3. The van der Waals surface area contributed by atoms with Crippen LogP contribution < -0.4 is 5.73 Å². The minimum Gasteiger partial charge on any atom is -0.337 e. The topological polar surface area (TPSA) is 59.2 Å². The summed E-state index contributed by atoms with van der Waals surface area (Å²) in [5.74, 6) is 0.350. The molecule has 1 fully saturated rings. The van der Waals surface area contributed by atoms with Gasteiger partial charge in [0.1, 0.15) is 5.69 Å². The van der Waals surface area contributed by atoms with Crippen molar-refractivity contribution in [2.45, 2.75) is 25.3 Å². The maximum absolute atomic E-state index is 12.3. The molecule has 0 radical (unpaired) electrons. The van der Waals surface area contributed by atoms with Crippen molar-refractivity contribution < 1.29 is 4.79 Å². The zero-order valence-electron chi connectivity index (χ0n) is 10.5. The quantitative estimate of drug-likeness (QED) is 0.910. The summed E-state index contributed by atoms with van der Waals surface area (Å²) in [5, 5.41) is 0.537. The minimum absolute atomic E-state index is 0.0583. The Morgan fingerprint density at radius 3 is 2.94 bits per heavy atom. The van der Waals surface area contributed by atoms with E-state index in [4.69, 9.17) is 17.3 Å². The van der Waals surface area contributed by atoms with Crippen molar-refractivity contribution in [3.05, 3.63) is 29.0 Å².